The molecule has 130 valence electrons. The van der Waals surface area contributed by atoms with Gasteiger partial charge in [0.1, 0.15) is 12.4 Å². The summed E-state index contributed by atoms with van der Waals surface area (Å²) in [5.41, 5.74) is 7.90. The molecule has 3 N–H and O–H groups in total. The Hall–Kier alpha value is -2.04. The van der Waals surface area contributed by atoms with Crippen LogP contribution in [0.4, 0.5) is 0 Å². The number of carbonyl (C=O) groups excluding carboxylic acids is 1. The van der Waals surface area contributed by atoms with Gasteiger partial charge in [-0.05, 0) is 17.5 Å². The molecule has 0 saturated heterocycles. The first-order valence-electron chi connectivity index (χ1n) is 7.86. The topological polar surface area (TPSA) is 64.4 Å². The van der Waals surface area contributed by atoms with Crippen LogP contribution in [0, 0.1) is 5.92 Å². The maximum Gasteiger partial charge on any atom is 0.237 e. The summed E-state index contributed by atoms with van der Waals surface area (Å²) in [5, 5.41) is 2.87. The molecule has 2 aromatic carbocycles. The van der Waals surface area contributed by atoms with Gasteiger partial charge in [-0.25, -0.2) is 0 Å². The predicted octanol–water partition coefficient (Wildman–Crippen LogP) is 3.29. The number of amides is 1. The molecule has 0 aliphatic carbocycles. The number of rotatable bonds is 7. The molecule has 0 saturated carbocycles. The Balaban J connectivity index is 0.00000288. The second kappa shape index (κ2) is 9.96. The molecule has 0 bridgehead atoms. The lowest BCUT2D eigenvalue weighted by atomic mass is 10.0. The normalized spacial score (nSPS) is 11.5. The minimum atomic E-state index is -0.493. The van der Waals surface area contributed by atoms with Crippen LogP contribution in [0.25, 0.3) is 0 Å². The lowest BCUT2D eigenvalue weighted by Gasteiger charge is -2.16. The highest BCUT2D eigenvalue weighted by Crippen LogP contribution is 2.19. The van der Waals surface area contributed by atoms with Gasteiger partial charge in [-0.2, -0.15) is 0 Å². The summed E-state index contributed by atoms with van der Waals surface area (Å²) in [6.45, 7) is 4.77. The first-order chi connectivity index (χ1) is 11.1. The van der Waals surface area contributed by atoms with Gasteiger partial charge < -0.3 is 15.8 Å². The molecule has 0 aromatic heterocycles. The quantitative estimate of drug-likeness (QED) is 0.807. The van der Waals surface area contributed by atoms with Crippen LogP contribution in [-0.4, -0.2) is 11.9 Å². The Morgan fingerprint density at radius 3 is 2.38 bits per heavy atom. The predicted molar refractivity (Wildman–Crippen MR) is 99.1 cm³/mol. The van der Waals surface area contributed by atoms with Crippen molar-refractivity contribution < 1.29 is 9.53 Å². The summed E-state index contributed by atoms with van der Waals surface area (Å²) >= 11 is 0. The molecule has 0 heterocycles. The van der Waals surface area contributed by atoms with Crippen molar-refractivity contribution in [1.29, 1.82) is 0 Å². The summed E-state index contributed by atoms with van der Waals surface area (Å²) < 4.78 is 5.88. The molecule has 0 spiro atoms. The zero-order valence-corrected chi connectivity index (χ0v) is 14.9. The van der Waals surface area contributed by atoms with E-state index >= 15 is 0 Å². The number of nitrogens with two attached hydrogens (primary N) is 1. The molecular weight excluding hydrogens is 324 g/mol. The minimum Gasteiger partial charge on any atom is -0.489 e. The van der Waals surface area contributed by atoms with Gasteiger partial charge in [0.15, 0.2) is 0 Å². The fourth-order valence-corrected chi connectivity index (χ4v) is 2.13. The van der Waals surface area contributed by atoms with Crippen molar-refractivity contribution in [2.45, 2.75) is 33.0 Å². The smallest absolute Gasteiger partial charge is 0.237 e. The Morgan fingerprint density at radius 1 is 1.08 bits per heavy atom. The van der Waals surface area contributed by atoms with Crippen LogP contribution >= 0.6 is 12.4 Å². The molecule has 0 radical (unpaired) electrons. The van der Waals surface area contributed by atoms with Crippen molar-refractivity contribution in [3.63, 3.8) is 0 Å². The molecule has 0 fully saturated rings. The Labute approximate surface area is 149 Å². The average molecular weight is 349 g/mol. The second-order valence-corrected chi connectivity index (χ2v) is 5.87. The number of benzene rings is 2. The molecule has 4 nitrogen and oxygen atoms in total. The summed E-state index contributed by atoms with van der Waals surface area (Å²) in [6.07, 6.45) is 0. The molecule has 1 atom stereocenters. The van der Waals surface area contributed by atoms with Crippen LogP contribution < -0.4 is 15.8 Å². The first kappa shape index (κ1) is 20.0. The molecule has 0 aliphatic rings. The maximum atomic E-state index is 12.0. The lowest BCUT2D eigenvalue weighted by Crippen LogP contribution is -2.43. The molecule has 1 amide bonds. The monoisotopic (exact) mass is 348 g/mol. The van der Waals surface area contributed by atoms with Gasteiger partial charge in [0.2, 0.25) is 5.91 Å². The minimum absolute atomic E-state index is 0. The third-order valence-corrected chi connectivity index (χ3v) is 3.68. The van der Waals surface area contributed by atoms with E-state index in [0.717, 1.165) is 16.9 Å². The van der Waals surface area contributed by atoms with Crippen molar-refractivity contribution in [2.75, 3.05) is 0 Å². The molecular formula is C19H25ClN2O2. The van der Waals surface area contributed by atoms with E-state index in [1.165, 1.54) is 0 Å². The van der Waals surface area contributed by atoms with Crippen LogP contribution in [0.15, 0.2) is 54.6 Å². The van der Waals surface area contributed by atoms with E-state index in [4.69, 9.17) is 10.5 Å². The number of para-hydroxylation sites is 1. The van der Waals surface area contributed by atoms with E-state index in [0.29, 0.717) is 13.2 Å². The lowest BCUT2D eigenvalue weighted by molar-refractivity contribution is -0.123. The second-order valence-electron chi connectivity index (χ2n) is 5.87. The van der Waals surface area contributed by atoms with Crippen LogP contribution in [0.5, 0.6) is 5.75 Å². The van der Waals surface area contributed by atoms with Gasteiger partial charge in [-0.15, -0.1) is 12.4 Å². The van der Waals surface area contributed by atoms with Crippen LogP contribution in [-0.2, 0) is 17.9 Å². The summed E-state index contributed by atoms with van der Waals surface area (Å²) in [4.78, 5) is 12.0. The van der Waals surface area contributed by atoms with E-state index in [1.807, 2.05) is 68.4 Å². The maximum absolute atomic E-state index is 12.0. The third kappa shape index (κ3) is 5.87. The van der Waals surface area contributed by atoms with Crippen molar-refractivity contribution in [2.24, 2.45) is 11.7 Å². The Kier molecular flexibility index (Phi) is 8.30. The summed E-state index contributed by atoms with van der Waals surface area (Å²) in [7, 11) is 0. The molecule has 24 heavy (non-hydrogen) atoms. The zero-order chi connectivity index (χ0) is 16.7. The SMILES string of the molecule is CC(C)[C@H](N)C(=O)NCc1ccccc1OCc1ccccc1.Cl. The van der Waals surface area contributed by atoms with E-state index in [-0.39, 0.29) is 24.2 Å². The highest BCUT2D eigenvalue weighted by molar-refractivity contribution is 5.85. The van der Waals surface area contributed by atoms with Gasteiger partial charge in [-0.3, -0.25) is 4.79 Å². The molecule has 0 aliphatic heterocycles. The number of halogens is 1. The summed E-state index contributed by atoms with van der Waals surface area (Å²) in [5.74, 6) is 0.743. The zero-order valence-electron chi connectivity index (χ0n) is 14.1. The fourth-order valence-electron chi connectivity index (χ4n) is 2.13. The number of carbonyl (C=O) groups is 1. The van der Waals surface area contributed by atoms with Crippen LogP contribution in [0.2, 0.25) is 0 Å². The van der Waals surface area contributed by atoms with Gasteiger partial charge in [0.25, 0.3) is 0 Å². The van der Waals surface area contributed by atoms with E-state index in [1.54, 1.807) is 0 Å². The average Bonchev–Trinajstić information content (AvgIpc) is 2.58. The van der Waals surface area contributed by atoms with Crippen LogP contribution in [0.1, 0.15) is 25.0 Å². The van der Waals surface area contributed by atoms with Crippen molar-refractivity contribution in [3.05, 3.63) is 65.7 Å². The van der Waals surface area contributed by atoms with Gasteiger partial charge >= 0.3 is 0 Å². The molecule has 2 aromatic rings. The van der Waals surface area contributed by atoms with Crippen molar-refractivity contribution in [3.8, 4) is 5.75 Å². The molecule has 2 rings (SSSR count). The van der Waals surface area contributed by atoms with E-state index < -0.39 is 6.04 Å². The van der Waals surface area contributed by atoms with Gasteiger partial charge in [-0.1, -0.05) is 62.4 Å². The Morgan fingerprint density at radius 2 is 1.71 bits per heavy atom. The van der Waals surface area contributed by atoms with Crippen molar-refractivity contribution >= 4 is 18.3 Å². The van der Waals surface area contributed by atoms with Gasteiger partial charge in [0.05, 0.1) is 6.04 Å². The fraction of sp³-hybridized carbons (Fsp3) is 0.316. The third-order valence-electron chi connectivity index (χ3n) is 3.68. The molecule has 5 heteroatoms. The highest BCUT2D eigenvalue weighted by atomic mass is 35.5. The summed E-state index contributed by atoms with van der Waals surface area (Å²) in [6, 6.07) is 17.2. The van der Waals surface area contributed by atoms with E-state index in [2.05, 4.69) is 5.32 Å². The highest BCUT2D eigenvalue weighted by Gasteiger charge is 2.17. The number of nitrogens with one attached hydrogen (secondary N) is 1. The number of hydrogen-bond acceptors (Lipinski definition) is 3. The van der Waals surface area contributed by atoms with E-state index in [9.17, 15) is 4.79 Å². The largest absolute Gasteiger partial charge is 0.489 e. The van der Waals surface area contributed by atoms with Crippen LogP contribution in [0.3, 0.4) is 0 Å². The number of ether oxygens (including phenoxy) is 1. The number of hydrogen-bond donors (Lipinski definition) is 2. The van der Waals surface area contributed by atoms with Gasteiger partial charge in [0, 0.05) is 12.1 Å². The van der Waals surface area contributed by atoms with Crippen molar-refractivity contribution in [1.82, 2.24) is 5.32 Å². The first-order valence-corrected chi connectivity index (χ1v) is 7.86. The standard InChI is InChI=1S/C19H24N2O2.ClH/c1-14(2)18(20)19(22)21-12-16-10-6-7-11-17(16)23-13-15-8-4-3-5-9-15;/h3-11,14,18H,12-13,20H2,1-2H3,(H,21,22);1H/t18-;/m0./s1. The molecule has 0 unspecified atom stereocenters. The Bertz CT molecular complexity index is 632.